The first-order valence-electron chi connectivity index (χ1n) is 7.11. The first-order valence-corrected chi connectivity index (χ1v) is 7.52. The Balaban J connectivity index is 1.64. The molecule has 1 fully saturated rings. The minimum atomic E-state index is -0.222. The molecule has 0 N–H and O–H groups in total. The lowest BCUT2D eigenvalue weighted by atomic mass is 10.0. The van der Waals surface area contributed by atoms with E-state index in [1.165, 1.54) is 10.3 Å². The molecule has 3 rings (SSSR count). The molecule has 0 saturated heterocycles. The molecule has 3 atom stereocenters. The van der Waals surface area contributed by atoms with Gasteiger partial charge in [0.05, 0.1) is 5.92 Å². The molecule has 0 aliphatic heterocycles. The van der Waals surface area contributed by atoms with E-state index < -0.39 is 0 Å². The standard InChI is InChI=1S/C17H17NO2S/c1-12(14-11-15(14)13-7-3-2-4-8-13)17(19)20-18-10-6-5-9-16(18)21/h2-10,12,14-15H,11H2,1H3/t12?,14-,15-/m1/s1. The average Bonchev–Trinajstić information content (AvgIpc) is 3.30. The van der Waals surface area contributed by atoms with Crippen molar-refractivity contribution in [1.29, 1.82) is 0 Å². The van der Waals surface area contributed by atoms with Gasteiger partial charge in [-0.05, 0) is 36.0 Å². The van der Waals surface area contributed by atoms with Crippen molar-refractivity contribution in [2.24, 2.45) is 11.8 Å². The van der Waals surface area contributed by atoms with Crippen molar-refractivity contribution in [3.63, 3.8) is 0 Å². The number of hydrogen-bond acceptors (Lipinski definition) is 3. The number of rotatable bonds is 4. The molecular formula is C17H17NO2S. The Bertz CT molecular complexity index is 695. The lowest BCUT2D eigenvalue weighted by molar-refractivity contribution is -0.149. The second-order valence-corrected chi connectivity index (χ2v) is 5.90. The van der Waals surface area contributed by atoms with Gasteiger partial charge in [0.15, 0.2) is 0 Å². The van der Waals surface area contributed by atoms with Crippen molar-refractivity contribution < 1.29 is 9.63 Å². The largest absolute Gasteiger partial charge is 0.335 e. The molecule has 108 valence electrons. The Morgan fingerprint density at radius 2 is 1.95 bits per heavy atom. The second-order valence-electron chi connectivity index (χ2n) is 5.48. The molecule has 1 aromatic carbocycles. The number of aromatic nitrogens is 1. The average molecular weight is 299 g/mol. The normalized spacial score (nSPS) is 21.6. The highest BCUT2D eigenvalue weighted by molar-refractivity contribution is 7.71. The summed E-state index contributed by atoms with van der Waals surface area (Å²) in [6.07, 6.45) is 2.70. The molecular weight excluding hydrogens is 282 g/mol. The zero-order chi connectivity index (χ0) is 14.8. The monoisotopic (exact) mass is 299 g/mol. The molecule has 0 bridgehead atoms. The van der Waals surface area contributed by atoms with Gasteiger partial charge in [0.25, 0.3) is 0 Å². The van der Waals surface area contributed by atoms with E-state index in [2.05, 4.69) is 12.1 Å². The first kappa shape index (κ1) is 14.0. The van der Waals surface area contributed by atoms with E-state index in [1.54, 1.807) is 18.3 Å². The van der Waals surface area contributed by atoms with Crippen LogP contribution >= 0.6 is 12.2 Å². The molecule has 1 aliphatic rings. The Labute approximate surface area is 129 Å². The SMILES string of the molecule is CC(C(=O)On1ccccc1=S)[C@H]1C[C@@H]1c1ccccc1. The number of nitrogens with zero attached hydrogens (tertiary/aromatic N) is 1. The van der Waals surface area contributed by atoms with Gasteiger partial charge in [0, 0.05) is 6.20 Å². The topological polar surface area (TPSA) is 31.2 Å². The van der Waals surface area contributed by atoms with Gasteiger partial charge >= 0.3 is 5.97 Å². The van der Waals surface area contributed by atoms with Crippen molar-refractivity contribution in [3.8, 4) is 0 Å². The smallest absolute Gasteiger partial charge is 0.335 e. The van der Waals surface area contributed by atoms with Gasteiger partial charge < -0.3 is 4.84 Å². The summed E-state index contributed by atoms with van der Waals surface area (Å²) in [6.45, 7) is 1.93. The summed E-state index contributed by atoms with van der Waals surface area (Å²) < 4.78 is 1.85. The van der Waals surface area contributed by atoms with E-state index in [9.17, 15) is 4.79 Å². The van der Waals surface area contributed by atoms with Gasteiger partial charge in [-0.1, -0.05) is 55.5 Å². The fourth-order valence-electron chi connectivity index (χ4n) is 2.69. The van der Waals surface area contributed by atoms with Crippen LogP contribution in [0.4, 0.5) is 0 Å². The Morgan fingerprint density at radius 3 is 2.67 bits per heavy atom. The third-order valence-corrected chi connectivity index (χ3v) is 4.37. The highest BCUT2D eigenvalue weighted by Gasteiger charge is 2.45. The van der Waals surface area contributed by atoms with Crippen LogP contribution in [0.25, 0.3) is 0 Å². The lowest BCUT2D eigenvalue weighted by Gasteiger charge is -2.12. The van der Waals surface area contributed by atoms with Crippen LogP contribution in [-0.4, -0.2) is 10.7 Å². The fourth-order valence-corrected chi connectivity index (χ4v) is 2.87. The first-order chi connectivity index (χ1) is 10.2. The Hall–Kier alpha value is -1.94. The molecule has 0 radical (unpaired) electrons. The third-order valence-electron chi connectivity index (χ3n) is 4.06. The Morgan fingerprint density at radius 1 is 1.24 bits per heavy atom. The molecule has 1 unspecified atom stereocenters. The number of benzene rings is 1. The summed E-state index contributed by atoms with van der Waals surface area (Å²) in [7, 11) is 0. The lowest BCUT2D eigenvalue weighted by Crippen LogP contribution is -2.27. The zero-order valence-electron chi connectivity index (χ0n) is 11.8. The van der Waals surface area contributed by atoms with Crippen molar-refractivity contribution in [2.75, 3.05) is 0 Å². The quantitative estimate of drug-likeness (QED) is 0.808. The summed E-state index contributed by atoms with van der Waals surface area (Å²) in [4.78, 5) is 17.6. The molecule has 1 heterocycles. The minimum absolute atomic E-state index is 0.127. The highest BCUT2D eigenvalue weighted by atomic mass is 32.1. The van der Waals surface area contributed by atoms with Gasteiger partial charge in [-0.2, -0.15) is 4.73 Å². The molecule has 0 spiro atoms. The molecule has 1 saturated carbocycles. The summed E-state index contributed by atoms with van der Waals surface area (Å²) in [5, 5.41) is 0. The van der Waals surface area contributed by atoms with E-state index in [1.807, 2.05) is 31.2 Å². The van der Waals surface area contributed by atoms with Gasteiger partial charge in [-0.25, -0.2) is 4.79 Å². The number of hydrogen-bond donors (Lipinski definition) is 0. The van der Waals surface area contributed by atoms with Gasteiger partial charge in [0.1, 0.15) is 4.64 Å². The van der Waals surface area contributed by atoms with Gasteiger partial charge in [0.2, 0.25) is 0 Å². The van der Waals surface area contributed by atoms with Crippen LogP contribution in [0, 0.1) is 16.5 Å². The third kappa shape index (κ3) is 3.05. The summed E-state index contributed by atoms with van der Waals surface area (Å²) >= 11 is 5.12. The molecule has 0 amide bonds. The number of pyridine rings is 1. The molecule has 1 aliphatic carbocycles. The van der Waals surface area contributed by atoms with Crippen LogP contribution in [0.2, 0.25) is 0 Å². The fraction of sp³-hybridized carbons (Fsp3) is 0.294. The predicted octanol–water partition coefficient (Wildman–Crippen LogP) is 3.61. The van der Waals surface area contributed by atoms with Crippen LogP contribution < -0.4 is 4.84 Å². The van der Waals surface area contributed by atoms with Crippen molar-refractivity contribution in [2.45, 2.75) is 19.3 Å². The second kappa shape index (κ2) is 5.82. The van der Waals surface area contributed by atoms with Gasteiger partial charge in [-0.15, -0.1) is 0 Å². The maximum Gasteiger partial charge on any atom is 0.335 e. The van der Waals surface area contributed by atoms with Crippen LogP contribution in [-0.2, 0) is 4.79 Å². The molecule has 2 aromatic rings. The summed E-state index contributed by atoms with van der Waals surface area (Å²) in [5.74, 6) is 0.480. The maximum atomic E-state index is 12.2. The van der Waals surface area contributed by atoms with Crippen LogP contribution in [0.3, 0.4) is 0 Å². The highest BCUT2D eigenvalue weighted by Crippen LogP contribution is 2.51. The molecule has 4 heteroatoms. The summed E-state index contributed by atoms with van der Waals surface area (Å²) in [5.41, 5.74) is 1.30. The van der Waals surface area contributed by atoms with Crippen molar-refractivity contribution in [3.05, 3.63) is 64.9 Å². The van der Waals surface area contributed by atoms with Gasteiger partial charge in [-0.3, -0.25) is 0 Å². The molecule has 21 heavy (non-hydrogen) atoms. The van der Waals surface area contributed by atoms with Crippen LogP contribution in [0.15, 0.2) is 54.7 Å². The van der Waals surface area contributed by atoms with Crippen LogP contribution in [0.5, 0.6) is 0 Å². The van der Waals surface area contributed by atoms with E-state index in [0.29, 0.717) is 16.5 Å². The zero-order valence-corrected chi connectivity index (χ0v) is 12.6. The number of carbonyl (C=O) groups excluding carboxylic acids is 1. The van der Waals surface area contributed by atoms with Crippen molar-refractivity contribution in [1.82, 2.24) is 4.73 Å². The molecule has 1 aromatic heterocycles. The molecule has 3 nitrogen and oxygen atoms in total. The maximum absolute atomic E-state index is 12.2. The van der Waals surface area contributed by atoms with E-state index in [-0.39, 0.29) is 11.9 Å². The van der Waals surface area contributed by atoms with E-state index in [4.69, 9.17) is 17.1 Å². The predicted molar refractivity (Wildman–Crippen MR) is 83.3 cm³/mol. The minimum Gasteiger partial charge on any atom is -0.335 e. The van der Waals surface area contributed by atoms with E-state index >= 15 is 0 Å². The van der Waals surface area contributed by atoms with Crippen molar-refractivity contribution >= 4 is 18.2 Å². The Kier molecular flexibility index (Phi) is 3.88. The van der Waals surface area contributed by atoms with E-state index in [0.717, 1.165) is 6.42 Å². The summed E-state index contributed by atoms with van der Waals surface area (Å²) in [6, 6.07) is 15.7. The number of carbonyl (C=O) groups is 1. The van der Waals surface area contributed by atoms with Crippen LogP contribution in [0.1, 0.15) is 24.8 Å².